The second-order valence-electron chi connectivity index (χ2n) is 8.51. The highest BCUT2D eigenvalue weighted by Gasteiger charge is 2.58. The van der Waals surface area contributed by atoms with E-state index in [9.17, 15) is 14.4 Å². The number of halogens is 4. The molecule has 0 N–H and O–H groups in total. The summed E-state index contributed by atoms with van der Waals surface area (Å²) in [4.78, 5) is 43.2. The maximum atomic E-state index is 13.7. The van der Waals surface area contributed by atoms with Crippen LogP contribution in [0.3, 0.4) is 0 Å². The second-order valence-corrected chi connectivity index (χ2v) is 10.0. The molecule has 3 amide bonds. The molecule has 7 nitrogen and oxygen atoms in total. The Morgan fingerprint density at radius 3 is 1.53 bits per heavy atom. The Hall–Kier alpha value is -2.97. The van der Waals surface area contributed by atoms with Crippen LogP contribution in [0.25, 0.3) is 0 Å². The van der Waals surface area contributed by atoms with Crippen molar-refractivity contribution < 1.29 is 23.9 Å². The lowest BCUT2D eigenvalue weighted by Gasteiger charge is -2.49. The Morgan fingerprint density at radius 1 is 0.632 bits per heavy atom. The van der Waals surface area contributed by atoms with E-state index in [1.807, 2.05) is 13.8 Å². The van der Waals surface area contributed by atoms with Crippen molar-refractivity contribution in [2.24, 2.45) is 0 Å². The molecule has 0 radical (unpaired) electrons. The zero-order valence-corrected chi connectivity index (χ0v) is 23.2. The van der Waals surface area contributed by atoms with E-state index in [0.29, 0.717) is 36.0 Å². The summed E-state index contributed by atoms with van der Waals surface area (Å²) in [5, 5.41) is -0.660. The summed E-state index contributed by atoms with van der Waals surface area (Å²) in [5.74, 6) is -0.689. The van der Waals surface area contributed by atoms with Gasteiger partial charge in [0.05, 0.1) is 50.5 Å². The third kappa shape index (κ3) is 4.09. The minimum atomic E-state index is -1.16. The van der Waals surface area contributed by atoms with Gasteiger partial charge in [-0.1, -0.05) is 58.5 Å². The van der Waals surface area contributed by atoms with Gasteiger partial charge in [-0.3, -0.25) is 19.3 Å². The van der Waals surface area contributed by atoms with Crippen molar-refractivity contribution in [1.82, 2.24) is 4.90 Å². The van der Waals surface area contributed by atoms with Gasteiger partial charge in [-0.15, -0.1) is 0 Å². The van der Waals surface area contributed by atoms with Crippen LogP contribution in [-0.4, -0.2) is 41.9 Å². The van der Waals surface area contributed by atoms with Crippen molar-refractivity contribution in [3.05, 3.63) is 85.3 Å². The first-order valence-corrected chi connectivity index (χ1v) is 13.2. The molecule has 0 unspecified atom stereocenters. The largest absolute Gasteiger partial charge is 0.494 e. The fourth-order valence-corrected chi connectivity index (χ4v) is 5.78. The molecule has 11 heteroatoms. The summed E-state index contributed by atoms with van der Waals surface area (Å²) < 4.78 is 11.1. The zero-order valence-electron chi connectivity index (χ0n) is 20.1. The van der Waals surface area contributed by atoms with Crippen molar-refractivity contribution in [3.8, 4) is 11.5 Å². The predicted molar refractivity (Wildman–Crippen MR) is 146 cm³/mol. The van der Waals surface area contributed by atoms with Crippen LogP contribution >= 0.6 is 46.4 Å². The minimum Gasteiger partial charge on any atom is -0.494 e. The Labute approximate surface area is 238 Å². The molecule has 2 atom stereocenters. The highest BCUT2D eigenvalue weighted by Crippen LogP contribution is 2.49. The number of β-lactam (4-membered cyclic amide) rings is 1. The number of hydrogen-bond acceptors (Lipinski definition) is 5. The van der Waals surface area contributed by atoms with Crippen molar-refractivity contribution in [1.29, 1.82) is 0 Å². The number of hydrogen-bond donors (Lipinski definition) is 0. The summed E-state index contributed by atoms with van der Waals surface area (Å²) in [6.07, 6.45) is 0. The molecule has 5 rings (SSSR count). The number of nitrogens with zero attached hydrogens (tertiary/aromatic N) is 2. The Bertz CT molecular complexity index is 1410. The van der Waals surface area contributed by atoms with Gasteiger partial charge >= 0.3 is 0 Å². The van der Waals surface area contributed by atoms with Crippen LogP contribution in [-0.2, 0) is 4.79 Å². The Morgan fingerprint density at radius 2 is 1.08 bits per heavy atom. The fourth-order valence-electron chi connectivity index (χ4n) is 4.76. The molecule has 2 heterocycles. The maximum Gasteiger partial charge on any atom is 0.264 e. The molecule has 1 fully saturated rings. The fraction of sp³-hybridized carbons (Fsp3) is 0.222. The van der Waals surface area contributed by atoms with Crippen LogP contribution in [0.4, 0.5) is 5.69 Å². The average molecular weight is 594 g/mol. The van der Waals surface area contributed by atoms with Crippen molar-refractivity contribution >= 4 is 69.8 Å². The molecule has 196 valence electrons. The van der Waals surface area contributed by atoms with Crippen LogP contribution in [0.15, 0.2) is 48.5 Å². The topological polar surface area (TPSA) is 76.2 Å². The van der Waals surface area contributed by atoms with Gasteiger partial charge in [-0.2, -0.15) is 0 Å². The van der Waals surface area contributed by atoms with E-state index >= 15 is 0 Å². The molecule has 0 saturated carbocycles. The molecular weight excluding hydrogens is 574 g/mol. The number of rotatable bonds is 7. The first-order valence-electron chi connectivity index (χ1n) is 11.7. The summed E-state index contributed by atoms with van der Waals surface area (Å²) >= 11 is 24.9. The number of benzene rings is 3. The van der Waals surface area contributed by atoms with Crippen LogP contribution in [0.2, 0.25) is 20.1 Å². The van der Waals surface area contributed by atoms with Gasteiger partial charge in [0.2, 0.25) is 0 Å². The number of imide groups is 1. The summed E-state index contributed by atoms with van der Waals surface area (Å²) in [5.41, 5.74) is 0.923. The highest BCUT2D eigenvalue weighted by molar-refractivity contribution is 6.55. The van der Waals surface area contributed by atoms with E-state index < -0.39 is 29.8 Å². The number of anilines is 1. The highest BCUT2D eigenvalue weighted by atomic mass is 35.5. The lowest BCUT2D eigenvalue weighted by molar-refractivity contribution is -0.130. The second kappa shape index (κ2) is 10.3. The quantitative estimate of drug-likeness (QED) is 0.130. The number of fused-ring (bicyclic) bond motifs is 1. The number of ether oxygens (including phenoxy) is 2. The summed E-state index contributed by atoms with van der Waals surface area (Å²) in [7, 11) is 0. The van der Waals surface area contributed by atoms with Crippen molar-refractivity contribution in [2.45, 2.75) is 25.9 Å². The number of carbonyl (C=O) groups is 3. The van der Waals surface area contributed by atoms with E-state index in [1.165, 1.54) is 4.90 Å². The Kier molecular flexibility index (Phi) is 7.22. The third-order valence-corrected chi connectivity index (χ3v) is 8.24. The molecule has 0 bridgehead atoms. The van der Waals surface area contributed by atoms with Gasteiger partial charge in [0.15, 0.2) is 0 Å². The number of amides is 3. The van der Waals surface area contributed by atoms with Gasteiger partial charge in [0.1, 0.15) is 17.5 Å². The van der Waals surface area contributed by atoms with E-state index in [4.69, 9.17) is 55.9 Å². The number of carbonyl (C=O) groups excluding carboxylic acids is 3. The van der Waals surface area contributed by atoms with Gasteiger partial charge in [-0.25, -0.2) is 0 Å². The molecule has 1 saturated heterocycles. The lowest BCUT2D eigenvalue weighted by atomic mass is 9.86. The van der Waals surface area contributed by atoms with Crippen LogP contribution in [0.5, 0.6) is 11.5 Å². The van der Waals surface area contributed by atoms with Gasteiger partial charge < -0.3 is 14.4 Å². The first-order chi connectivity index (χ1) is 18.2. The molecule has 3 aromatic carbocycles. The monoisotopic (exact) mass is 592 g/mol. The van der Waals surface area contributed by atoms with Gasteiger partial charge in [0.25, 0.3) is 17.7 Å². The third-order valence-electron chi connectivity index (χ3n) is 6.44. The van der Waals surface area contributed by atoms with Crippen LogP contribution < -0.4 is 14.4 Å². The zero-order chi connectivity index (χ0) is 27.3. The van der Waals surface area contributed by atoms with Crippen LogP contribution in [0.1, 0.15) is 46.2 Å². The molecule has 0 aliphatic carbocycles. The van der Waals surface area contributed by atoms with Gasteiger partial charge in [-0.05, 0) is 55.8 Å². The molecule has 0 aromatic heterocycles. The normalized spacial score (nSPS) is 18.5. The van der Waals surface area contributed by atoms with E-state index in [1.54, 1.807) is 48.5 Å². The standard InChI is InChI=1S/C27H20Cl4N2O5/c1-3-37-15-9-5-13(6-10-15)23-24(27(36)32(23)14-7-11-16(12-8-14)38-4-2)33-25(34)17-18(26(33)35)20(29)22(31)21(30)19(17)28/h5-12,23-24H,3-4H2,1-2H3/t23-,24-/m0/s1. The van der Waals surface area contributed by atoms with Crippen LogP contribution in [0, 0.1) is 0 Å². The molecule has 2 aliphatic rings. The molecular formula is C27H20Cl4N2O5. The molecule has 0 spiro atoms. The first kappa shape index (κ1) is 26.6. The molecule has 38 heavy (non-hydrogen) atoms. The summed E-state index contributed by atoms with van der Waals surface area (Å²) in [6, 6.07) is 12.3. The van der Waals surface area contributed by atoms with Gasteiger partial charge in [0, 0.05) is 5.69 Å². The van der Waals surface area contributed by atoms with E-state index in [-0.39, 0.29) is 31.2 Å². The Balaban J connectivity index is 1.58. The minimum absolute atomic E-state index is 0.140. The average Bonchev–Trinajstić information content (AvgIpc) is 3.16. The molecule has 3 aromatic rings. The predicted octanol–water partition coefficient (Wildman–Crippen LogP) is 6.85. The van der Waals surface area contributed by atoms with E-state index in [2.05, 4.69) is 0 Å². The van der Waals surface area contributed by atoms with E-state index in [0.717, 1.165) is 4.90 Å². The van der Waals surface area contributed by atoms with Crippen molar-refractivity contribution in [3.63, 3.8) is 0 Å². The SMILES string of the molecule is CCOc1ccc([C@H]2[C@H](N3C(=O)c4c(Cl)c(Cl)c(Cl)c(Cl)c4C3=O)C(=O)N2c2ccc(OCC)cc2)cc1. The molecule has 2 aliphatic heterocycles. The van der Waals surface area contributed by atoms with Crippen molar-refractivity contribution in [2.75, 3.05) is 18.1 Å². The lowest BCUT2D eigenvalue weighted by Crippen LogP contribution is -2.67. The smallest absolute Gasteiger partial charge is 0.264 e. The summed E-state index contributed by atoms with van der Waals surface area (Å²) in [6.45, 7) is 4.74. The maximum absolute atomic E-state index is 13.7.